The molecule has 0 radical (unpaired) electrons. The van der Waals surface area contributed by atoms with E-state index in [4.69, 9.17) is 4.84 Å². The molecule has 0 bridgehead atoms. The number of rotatable bonds is 9. The number of piperidine rings is 1. The first kappa shape index (κ1) is 27.7. The predicted octanol–water partition coefficient (Wildman–Crippen LogP) is 0.799. The molecular weight excluding hydrogens is 465 g/mol. The lowest BCUT2D eigenvalue weighted by atomic mass is 9.90. The van der Waals surface area contributed by atoms with E-state index in [2.05, 4.69) is 52.8 Å². The maximum atomic E-state index is 14.4. The minimum atomic E-state index is -0.876. The Hall–Kier alpha value is -1.37. The number of carbonyl (C=O) groups is 2. The SMILES string of the molecule is CC[C@H]1CCCCN1C(=O)C[C@H](NC1NC(C(C)C)NO1)C(=O)N[C@@H](C)C1NC2CCCC(F)C2N1. The molecule has 4 fully saturated rings. The summed E-state index contributed by atoms with van der Waals surface area (Å²) in [7, 11) is 0. The summed E-state index contributed by atoms with van der Waals surface area (Å²) < 4.78 is 14.4. The average molecular weight is 512 g/mol. The van der Waals surface area contributed by atoms with E-state index in [1.54, 1.807) is 0 Å². The van der Waals surface area contributed by atoms with Gasteiger partial charge >= 0.3 is 0 Å². The summed E-state index contributed by atoms with van der Waals surface area (Å²) in [5, 5.41) is 16.3. The van der Waals surface area contributed by atoms with Gasteiger partial charge in [0, 0.05) is 18.6 Å². The van der Waals surface area contributed by atoms with Crippen LogP contribution in [0.2, 0.25) is 0 Å². The normalized spacial score (nSPS) is 36.5. The monoisotopic (exact) mass is 511 g/mol. The molecule has 2 amide bonds. The first-order valence-electron chi connectivity index (χ1n) is 14.0. The van der Waals surface area contributed by atoms with Crippen molar-refractivity contribution in [2.24, 2.45) is 5.92 Å². The van der Waals surface area contributed by atoms with Crippen molar-refractivity contribution in [1.29, 1.82) is 0 Å². The van der Waals surface area contributed by atoms with Crippen LogP contribution < -0.4 is 32.1 Å². The third-order valence-corrected chi connectivity index (χ3v) is 8.23. The van der Waals surface area contributed by atoms with Gasteiger partial charge in [-0.05, 0) is 57.8 Å². The highest BCUT2D eigenvalue weighted by Crippen LogP contribution is 2.26. The number of alkyl halides is 1. The molecule has 1 aliphatic carbocycles. The molecule has 0 aromatic heterocycles. The number of fused-ring (bicyclic) bond motifs is 1. The van der Waals surface area contributed by atoms with Crippen LogP contribution >= 0.6 is 0 Å². The second-order valence-electron chi connectivity index (χ2n) is 11.3. The lowest BCUT2D eigenvalue weighted by Gasteiger charge is -2.36. The van der Waals surface area contributed by atoms with Gasteiger partial charge in [-0.1, -0.05) is 20.8 Å². The van der Waals surface area contributed by atoms with Gasteiger partial charge < -0.3 is 10.2 Å². The first-order chi connectivity index (χ1) is 17.3. The summed E-state index contributed by atoms with van der Waals surface area (Å²) in [5.41, 5.74) is 2.95. The van der Waals surface area contributed by atoms with Gasteiger partial charge in [-0.15, -0.1) is 0 Å². The molecule has 1 saturated carbocycles. The van der Waals surface area contributed by atoms with Gasteiger partial charge in [0.2, 0.25) is 11.8 Å². The highest BCUT2D eigenvalue weighted by Gasteiger charge is 2.43. The van der Waals surface area contributed by atoms with E-state index in [1.165, 1.54) is 0 Å². The fourth-order valence-corrected chi connectivity index (χ4v) is 5.97. The Morgan fingerprint density at radius 3 is 2.56 bits per heavy atom. The minimum Gasteiger partial charge on any atom is -0.349 e. The van der Waals surface area contributed by atoms with Crippen molar-refractivity contribution in [3.8, 4) is 0 Å². The standard InChI is InChI=1S/C25H46FN7O3/c1-5-16-9-6-7-12-33(16)20(34)13-19(29-25-31-22(14(2)3)32-36-25)24(35)27-15(4)23-28-18-11-8-10-17(26)21(18)30-23/h14-19,21-23,25,28-32H,5-13H2,1-4H3,(H,27,35)/t15-,16-,17?,18?,19-,21?,22?,23?,25?/m0/s1. The van der Waals surface area contributed by atoms with Crippen molar-refractivity contribution in [3.05, 3.63) is 0 Å². The van der Waals surface area contributed by atoms with E-state index in [9.17, 15) is 14.0 Å². The number of hydrogen-bond acceptors (Lipinski definition) is 8. The highest BCUT2D eigenvalue weighted by molar-refractivity contribution is 5.88. The summed E-state index contributed by atoms with van der Waals surface area (Å²) >= 11 is 0. The molecular formula is C25H46FN7O3. The first-order valence-corrected chi connectivity index (χ1v) is 14.0. The summed E-state index contributed by atoms with van der Waals surface area (Å²) in [6.07, 6.45) is 4.71. The third-order valence-electron chi connectivity index (χ3n) is 8.23. The van der Waals surface area contributed by atoms with Crippen LogP contribution in [0.1, 0.15) is 79.1 Å². The lowest BCUT2D eigenvalue weighted by molar-refractivity contribution is -0.139. The molecule has 0 spiro atoms. The van der Waals surface area contributed by atoms with Crippen molar-refractivity contribution < 1.29 is 18.8 Å². The summed E-state index contributed by atoms with van der Waals surface area (Å²) in [4.78, 5) is 34.4. The Morgan fingerprint density at radius 1 is 1.06 bits per heavy atom. The van der Waals surface area contributed by atoms with Crippen LogP contribution in [0.15, 0.2) is 0 Å². The Bertz CT molecular complexity index is 759. The van der Waals surface area contributed by atoms with Crippen LogP contribution in [0.4, 0.5) is 4.39 Å². The van der Waals surface area contributed by atoms with Crippen molar-refractivity contribution in [2.45, 2.75) is 134 Å². The van der Waals surface area contributed by atoms with E-state index >= 15 is 0 Å². The number of amides is 2. The zero-order chi connectivity index (χ0) is 25.8. The van der Waals surface area contributed by atoms with Crippen molar-refractivity contribution in [3.63, 3.8) is 0 Å². The third kappa shape index (κ3) is 6.54. The van der Waals surface area contributed by atoms with E-state index in [-0.39, 0.29) is 60.7 Å². The smallest absolute Gasteiger partial charge is 0.238 e. The molecule has 36 heavy (non-hydrogen) atoms. The molecule has 0 aromatic rings. The molecule has 3 heterocycles. The number of hydroxylamine groups is 1. The van der Waals surface area contributed by atoms with Gasteiger partial charge in [0.15, 0.2) is 6.35 Å². The van der Waals surface area contributed by atoms with E-state index in [0.717, 1.165) is 45.1 Å². The van der Waals surface area contributed by atoms with E-state index in [0.29, 0.717) is 6.42 Å². The van der Waals surface area contributed by atoms with Crippen LogP contribution in [0.25, 0.3) is 0 Å². The lowest BCUT2D eigenvalue weighted by Crippen LogP contribution is -2.59. The maximum absolute atomic E-state index is 14.4. The summed E-state index contributed by atoms with van der Waals surface area (Å²) in [5.74, 6) is -0.00188. The number of nitrogens with one attached hydrogen (secondary N) is 6. The molecule has 11 heteroatoms. The largest absolute Gasteiger partial charge is 0.349 e. The van der Waals surface area contributed by atoms with E-state index in [1.807, 2.05) is 11.8 Å². The van der Waals surface area contributed by atoms with Crippen LogP contribution in [-0.4, -0.2) is 78.3 Å². The molecule has 10 nitrogen and oxygen atoms in total. The van der Waals surface area contributed by atoms with E-state index < -0.39 is 18.6 Å². The second kappa shape index (κ2) is 12.4. The van der Waals surface area contributed by atoms with Gasteiger partial charge in [-0.25, -0.2) is 4.39 Å². The predicted molar refractivity (Wildman–Crippen MR) is 135 cm³/mol. The topological polar surface area (TPSA) is 119 Å². The molecule has 9 atom stereocenters. The molecule has 6 unspecified atom stereocenters. The van der Waals surface area contributed by atoms with Gasteiger partial charge in [-0.3, -0.25) is 35.7 Å². The average Bonchev–Trinajstić information content (AvgIpc) is 3.52. The number of halogens is 1. The molecule has 4 rings (SSSR count). The quantitative estimate of drug-likeness (QED) is 0.269. The molecule has 206 valence electrons. The number of likely N-dealkylation sites (tertiary alicyclic amines) is 1. The molecule has 4 aliphatic rings. The van der Waals surface area contributed by atoms with Crippen LogP contribution in [-0.2, 0) is 14.4 Å². The molecule has 3 saturated heterocycles. The molecule has 0 aromatic carbocycles. The molecule has 3 aliphatic heterocycles. The number of nitrogens with zero attached hydrogens (tertiary/aromatic N) is 1. The zero-order valence-corrected chi connectivity index (χ0v) is 22.2. The summed E-state index contributed by atoms with van der Waals surface area (Å²) in [6, 6.07) is -0.979. The van der Waals surface area contributed by atoms with Crippen molar-refractivity contribution >= 4 is 11.8 Å². The maximum Gasteiger partial charge on any atom is 0.238 e. The Kier molecular flexibility index (Phi) is 9.56. The van der Waals surface area contributed by atoms with Crippen LogP contribution in [0.5, 0.6) is 0 Å². The van der Waals surface area contributed by atoms with Gasteiger partial charge in [0.25, 0.3) is 0 Å². The fourth-order valence-electron chi connectivity index (χ4n) is 5.97. The Balaban J connectivity index is 1.39. The Morgan fingerprint density at radius 2 is 1.86 bits per heavy atom. The van der Waals surface area contributed by atoms with Crippen molar-refractivity contribution in [1.82, 2.24) is 37.0 Å². The number of hydrogen-bond donors (Lipinski definition) is 6. The second-order valence-corrected chi connectivity index (χ2v) is 11.3. The molecule has 6 N–H and O–H groups in total. The number of carbonyl (C=O) groups excluding carboxylic acids is 2. The Labute approximate surface area is 214 Å². The van der Waals surface area contributed by atoms with Crippen LogP contribution in [0.3, 0.4) is 0 Å². The van der Waals surface area contributed by atoms with Crippen LogP contribution in [0, 0.1) is 5.92 Å². The fraction of sp³-hybridized carbons (Fsp3) is 0.920. The minimum absolute atomic E-state index is 0.0170. The van der Waals surface area contributed by atoms with Gasteiger partial charge in [-0.2, -0.15) is 5.48 Å². The zero-order valence-electron chi connectivity index (χ0n) is 22.2. The van der Waals surface area contributed by atoms with Gasteiger partial charge in [0.05, 0.1) is 36.9 Å². The van der Waals surface area contributed by atoms with Crippen molar-refractivity contribution in [2.75, 3.05) is 6.54 Å². The summed E-state index contributed by atoms with van der Waals surface area (Å²) in [6.45, 7) is 8.88. The highest BCUT2D eigenvalue weighted by atomic mass is 19.1. The van der Waals surface area contributed by atoms with Gasteiger partial charge in [0.1, 0.15) is 6.17 Å².